The fourth-order valence-corrected chi connectivity index (χ4v) is 5.37. The van der Waals surface area contributed by atoms with Gasteiger partial charge in [0.1, 0.15) is 17.8 Å². The van der Waals surface area contributed by atoms with Crippen LogP contribution in [0.3, 0.4) is 0 Å². The number of carbonyl (C=O) groups is 1. The molecule has 4 aromatic rings. The van der Waals surface area contributed by atoms with Crippen LogP contribution in [0.1, 0.15) is 12.5 Å². The van der Waals surface area contributed by atoms with Crippen LogP contribution in [0, 0.1) is 0 Å². The van der Waals surface area contributed by atoms with Crippen LogP contribution in [0.15, 0.2) is 53.7 Å². The van der Waals surface area contributed by atoms with Gasteiger partial charge in [0.2, 0.25) is 5.91 Å². The van der Waals surface area contributed by atoms with Gasteiger partial charge in [0.25, 0.3) is 0 Å². The summed E-state index contributed by atoms with van der Waals surface area (Å²) in [5.41, 5.74) is 0.825. The Labute approximate surface area is 223 Å². The molecule has 0 bridgehead atoms. The minimum Gasteiger partial charge on any atom is -0.352 e. The molecule has 0 aliphatic carbocycles. The van der Waals surface area contributed by atoms with Crippen molar-refractivity contribution in [3.8, 4) is 0 Å². The zero-order valence-electron chi connectivity index (χ0n) is 20.0. The van der Waals surface area contributed by atoms with E-state index < -0.39 is 22.7 Å². The average Bonchev–Trinajstić information content (AvgIpc) is 3.26. The topological polar surface area (TPSA) is 106 Å². The van der Waals surface area contributed by atoms with Gasteiger partial charge in [-0.15, -0.1) is 0 Å². The number of H-pyrrole nitrogens is 1. The summed E-state index contributed by atoms with van der Waals surface area (Å²) in [5, 5.41) is 5.01. The SMILES string of the molecule is CC(=O)NS(=O)c1ccc(NC(=S)N2CCN(c3ncnc4[nH]c5cc(C(F)(F)F)ccc5c34)CC2)cc1. The first-order chi connectivity index (χ1) is 18.1. The Morgan fingerprint density at radius 1 is 1.08 bits per heavy atom. The molecule has 198 valence electrons. The van der Waals surface area contributed by atoms with Crippen LogP contribution in [0.4, 0.5) is 24.7 Å². The highest BCUT2D eigenvalue weighted by Gasteiger charge is 2.31. The van der Waals surface area contributed by atoms with E-state index >= 15 is 0 Å². The van der Waals surface area contributed by atoms with Gasteiger partial charge in [-0.3, -0.25) is 9.52 Å². The number of halogens is 3. The van der Waals surface area contributed by atoms with Crippen LogP contribution in [-0.4, -0.2) is 61.3 Å². The summed E-state index contributed by atoms with van der Waals surface area (Å²) in [6.45, 7) is 3.68. The number of nitrogens with one attached hydrogen (secondary N) is 3. The molecule has 1 saturated heterocycles. The van der Waals surface area contributed by atoms with Gasteiger partial charge in [0.15, 0.2) is 16.1 Å². The molecule has 9 nitrogen and oxygen atoms in total. The molecule has 2 aromatic carbocycles. The molecule has 38 heavy (non-hydrogen) atoms. The summed E-state index contributed by atoms with van der Waals surface area (Å²) in [7, 11) is -1.62. The Bertz CT molecular complexity index is 1550. The fraction of sp³-hybridized carbons (Fsp3) is 0.250. The van der Waals surface area contributed by atoms with Crippen LogP contribution in [-0.2, 0) is 22.0 Å². The maximum atomic E-state index is 13.2. The third kappa shape index (κ3) is 5.27. The van der Waals surface area contributed by atoms with E-state index in [2.05, 4.69) is 29.9 Å². The molecule has 0 saturated carbocycles. The Morgan fingerprint density at radius 3 is 2.45 bits per heavy atom. The molecule has 1 fully saturated rings. The van der Waals surface area contributed by atoms with Crippen LogP contribution in [0.2, 0.25) is 0 Å². The number of amides is 1. The second-order valence-electron chi connectivity index (χ2n) is 8.66. The predicted molar refractivity (Wildman–Crippen MR) is 143 cm³/mol. The number of carbonyl (C=O) groups excluding carboxylic acids is 1. The van der Waals surface area contributed by atoms with Gasteiger partial charge in [0.05, 0.1) is 15.8 Å². The van der Waals surface area contributed by atoms with Crippen molar-refractivity contribution < 1.29 is 22.2 Å². The second kappa shape index (κ2) is 10.2. The summed E-state index contributed by atoms with van der Waals surface area (Å²) in [6, 6.07) is 10.4. The van der Waals surface area contributed by atoms with Crippen molar-refractivity contribution in [1.82, 2.24) is 24.6 Å². The average molecular weight is 562 g/mol. The van der Waals surface area contributed by atoms with Gasteiger partial charge in [-0.1, -0.05) is 6.07 Å². The monoisotopic (exact) mass is 561 g/mol. The molecule has 5 rings (SSSR count). The maximum Gasteiger partial charge on any atom is 0.416 e. The van der Waals surface area contributed by atoms with Crippen molar-refractivity contribution in [3.05, 3.63) is 54.4 Å². The number of piperazine rings is 1. The highest BCUT2D eigenvalue weighted by Crippen LogP contribution is 2.36. The number of aromatic amines is 1. The summed E-state index contributed by atoms with van der Waals surface area (Å²) >= 11 is 5.58. The van der Waals surface area contributed by atoms with Crippen molar-refractivity contribution in [2.24, 2.45) is 0 Å². The molecule has 1 aliphatic rings. The van der Waals surface area contributed by atoms with Crippen molar-refractivity contribution in [3.63, 3.8) is 0 Å². The smallest absolute Gasteiger partial charge is 0.352 e. The van der Waals surface area contributed by atoms with Crippen molar-refractivity contribution in [2.45, 2.75) is 18.0 Å². The molecular formula is C24H22F3N7O2S2. The van der Waals surface area contributed by atoms with Crippen LogP contribution >= 0.6 is 12.2 Å². The van der Waals surface area contributed by atoms with E-state index in [9.17, 15) is 22.2 Å². The lowest BCUT2D eigenvalue weighted by Crippen LogP contribution is -2.50. The highest BCUT2D eigenvalue weighted by atomic mass is 32.2. The lowest BCUT2D eigenvalue weighted by atomic mass is 10.1. The van der Waals surface area contributed by atoms with Crippen molar-refractivity contribution in [1.29, 1.82) is 0 Å². The van der Waals surface area contributed by atoms with Crippen molar-refractivity contribution in [2.75, 3.05) is 36.4 Å². The molecule has 1 unspecified atom stereocenters. The lowest BCUT2D eigenvalue weighted by Gasteiger charge is -2.37. The number of fused-ring (bicyclic) bond motifs is 3. The minimum atomic E-state index is -4.43. The van der Waals surface area contributed by atoms with E-state index in [-0.39, 0.29) is 5.91 Å². The first kappa shape index (κ1) is 25.9. The van der Waals surface area contributed by atoms with Gasteiger partial charge in [-0.2, -0.15) is 13.2 Å². The number of aromatic nitrogens is 3. The Balaban J connectivity index is 1.27. The minimum absolute atomic E-state index is 0.354. The molecule has 1 aliphatic heterocycles. The number of benzene rings is 2. The number of hydrogen-bond donors (Lipinski definition) is 3. The van der Waals surface area contributed by atoms with Gasteiger partial charge < -0.3 is 20.1 Å². The molecule has 3 heterocycles. The Morgan fingerprint density at radius 2 is 1.79 bits per heavy atom. The maximum absolute atomic E-state index is 13.2. The van der Waals surface area contributed by atoms with Crippen LogP contribution < -0.4 is 14.9 Å². The zero-order chi connectivity index (χ0) is 27.0. The number of nitrogens with zero attached hydrogens (tertiary/aromatic N) is 4. The fourth-order valence-electron chi connectivity index (χ4n) is 4.30. The summed E-state index contributed by atoms with van der Waals surface area (Å²) < 4.78 is 53.9. The number of hydrogen-bond acceptors (Lipinski definition) is 6. The summed E-state index contributed by atoms with van der Waals surface area (Å²) in [6.07, 6.45) is -3.03. The third-order valence-electron chi connectivity index (χ3n) is 6.12. The first-order valence-corrected chi connectivity index (χ1v) is 13.1. The molecular weight excluding hydrogens is 539 g/mol. The largest absolute Gasteiger partial charge is 0.416 e. The van der Waals surface area contributed by atoms with Gasteiger partial charge in [0, 0.05) is 49.7 Å². The normalized spacial score (nSPS) is 15.1. The number of anilines is 2. The van der Waals surface area contributed by atoms with E-state index in [0.717, 1.165) is 17.8 Å². The van der Waals surface area contributed by atoms with Crippen LogP contribution in [0.25, 0.3) is 21.9 Å². The standard InChI is InChI=1S/C24H22F3N7O2S2/c1-14(35)32-38(36)17-5-3-16(4-6-17)30-23(37)34-10-8-33(9-11-34)22-20-18-7-2-15(24(25,26)27)12-19(18)31-21(20)28-13-29-22/h2-7,12-13H,8-11H2,1H3,(H,30,37)(H,32,35)(H,28,29,31). The molecule has 0 spiro atoms. The quantitative estimate of drug-likeness (QED) is 0.323. The van der Waals surface area contributed by atoms with E-state index in [1.807, 2.05) is 4.90 Å². The van der Waals surface area contributed by atoms with E-state index in [0.29, 0.717) is 63.9 Å². The van der Waals surface area contributed by atoms with E-state index in [1.165, 1.54) is 19.3 Å². The lowest BCUT2D eigenvalue weighted by molar-refractivity contribution is -0.137. The van der Waals surface area contributed by atoms with Crippen LogP contribution in [0.5, 0.6) is 0 Å². The summed E-state index contributed by atoms with van der Waals surface area (Å²) in [4.78, 5) is 27.3. The first-order valence-electron chi connectivity index (χ1n) is 11.5. The van der Waals surface area contributed by atoms with Gasteiger partial charge in [-0.05, 0) is 48.6 Å². The number of alkyl halides is 3. The molecule has 3 N–H and O–H groups in total. The highest BCUT2D eigenvalue weighted by molar-refractivity contribution is 7.83. The third-order valence-corrected chi connectivity index (χ3v) is 7.65. The van der Waals surface area contributed by atoms with E-state index in [4.69, 9.17) is 12.2 Å². The summed E-state index contributed by atoms with van der Waals surface area (Å²) in [5.74, 6) is 0.274. The second-order valence-corrected chi connectivity index (χ2v) is 10.3. The zero-order valence-corrected chi connectivity index (χ0v) is 21.6. The van der Waals surface area contributed by atoms with Gasteiger partial charge >= 0.3 is 6.18 Å². The molecule has 1 atom stereocenters. The molecule has 1 amide bonds. The number of thiocarbonyl (C=S) groups is 1. The molecule has 0 radical (unpaired) electrons. The molecule has 14 heteroatoms. The van der Waals surface area contributed by atoms with Gasteiger partial charge in [-0.25, -0.2) is 14.2 Å². The van der Waals surface area contributed by atoms with Crippen molar-refractivity contribution >= 4 is 67.7 Å². The predicted octanol–water partition coefficient (Wildman–Crippen LogP) is 3.81. The Hall–Kier alpha value is -3.78. The Kier molecular flexibility index (Phi) is 6.92. The molecule has 2 aromatic heterocycles. The van der Waals surface area contributed by atoms with E-state index in [1.54, 1.807) is 24.3 Å². The number of rotatable bonds is 4.